The molecule has 0 spiro atoms. The van der Waals surface area contributed by atoms with Gasteiger partial charge in [0, 0.05) is 19.3 Å². The van der Waals surface area contributed by atoms with Crippen molar-refractivity contribution in [3.63, 3.8) is 0 Å². The van der Waals surface area contributed by atoms with Crippen LogP contribution >= 0.6 is 12.2 Å². The van der Waals surface area contributed by atoms with Gasteiger partial charge >= 0.3 is 0 Å². The van der Waals surface area contributed by atoms with E-state index in [4.69, 9.17) is 12.2 Å². The van der Waals surface area contributed by atoms with Gasteiger partial charge in [-0.15, -0.1) is 0 Å². The molecule has 1 fully saturated rings. The summed E-state index contributed by atoms with van der Waals surface area (Å²) in [7, 11) is -3.15. The first kappa shape index (κ1) is 14.2. The number of H-pyrrole nitrogens is 1. The van der Waals surface area contributed by atoms with Gasteiger partial charge in [-0.05, 0) is 26.0 Å². The number of rotatable bonds is 1. The van der Waals surface area contributed by atoms with Crippen LogP contribution in [0.2, 0.25) is 0 Å². The quantitative estimate of drug-likeness (QED) is 0.796. The smallest absolute Gasteiger partial charge is 0.256 e. The highest BCUT2D eigenvalue weighted by molar-refractivity contribution is 7.92. The second-order valence-electron chi connectivity index (χ2n) is 5.22. The second-order valence-corrected chi connectivity index (χ2v) is 8.37. The number of carbonyl (C=O) groups excluding carboxylic acids is 1. The van der Waals surface area contributed by atoms with Crippen LogP contribution in [0.3, 0.4) is 0 Å². The maximum atomic E-state index is 12.4. The fourth-order valence-corrected chi connectivity index (χ4v) is 3.67. The van der Waals surface area contributed by atoms with Gasteiger partial charge in [-0.1, -0.05) is 12.2 Å². The summed E-state index contributed by atoms with van der Waals surface area (Å²) in [4.78, 5) is 16.7. The molecule has 1 aromatic rings. The molecule has 2 rings (SSSR count). The third kappa shape index (κ3) is 2.57. The van der Waals surface area contributed by atoms with Gasteiger partial charge in [0.25, 0.3) is 5.91 Å². The highest BCUT2D eigenvalue weighted by atomic mass is 32.2. The Kier molecular flexibility index (Phi) is 3.53. The molecular weight excluding hydrogens is 284 g/mol. The van der Waals surface area contributed by atoms with Crippen molar-refractivity contribution in [2.45, 2.75) is 18.6 Å². The molecule has 1 saturated heterocycles. The van der Waals surface area contributed by atoms with Gasteiger partial charge < -0.3 is 9.88 Å². The maximum Gasteiger partial charge on any atom is 0.256 e. The normalized spacial score (nSPS) is 21.1. The standard InChI is InChI=1S/C12H16N2O3S2/c1-12(2)8-14(6-7-19(12,16)17)11(15)9-4-3-5-13-10(9)18/h3-5H,6-8H2,1-2H3,(H,13,18). The third-order valence-electron chi connectivity index (χ3n) is 3.38. The number of hydrogen-bond donors (Lipinski definition) is 1. The minimum atomic E-state index is -3.15. The van der Waals surface area contributed by atoms with Gasteiger partial charge in [0.2, 0.25) is 0 Å². The van der Waals surface area contributed by atoms with E-state index >= 15 is 0 Å². The molecule has 1 aliphatic heterocycles. The van der Waals surface area contributed by atoms with Crippen molar-refractivity contribution in [2.75, 3.05) is 18.8 Å². The van der Waals surface area contributed by atoms with Crippen LogP contribution in [0, 0.1) is 4.64 Å². The van der Waals surface area contributed by atoms with E-state index in [1.807, 2.05) is 0 Å². The average molecular weight is 300 g/mol. The van der Waals surface area contributed by atoms with Crippen molar-refractivity contribution >= 4 is 28.0 Å². The molecule has 0 radical (unpaired) electrons. The second kappa shape index (κ2) is 4.72. The fraction of sp³-hybridized carbons (Fsp3) is 0.500. The minimum absolute atomic E-state index is 0.00491. The lowest BCUT2D eigenvalue weighted by molar-refractivity contribution is 0.0742. The van der Waals surface area contributed by atoms with Crippen LogP contribution < -0.4 is 0 Å². The van der Waals surface area contributed by atoms with Crippen LogP contribution in [0.25, 0.3) is 0 Å². The van der Waals surface area contributed by atoms with E-state index in [0.29, 0.717) is 10.2 Å². The SMILES string of the molecule is CC1(C)CN(C(=O)c2ccc[nH]c2=S)CCS1(=O)=O. The highest BCUT2D eigenvalue weighted by Gasteiger charge is 2.41. The Bertz CT molecular complexity index is 662. The first-order valence-electron chi connectivity index (χ1n) is 5.94. The molecule has 7 heteroatoms. The number of aromatic amines is 1. The molecule has 1 aliphatic rings. The molecule has 1 amide bonds. The average Bonchev–Trinajstić information content (AvgIpc) is 2.32. The van der Waals surface area contributed by atoms with Gasteiger partial charge in [-0.2, -0.15) is 0 Å². The Morgan fingerprint density at radius 3 is 2.74 bits per heavy atom. The third-order valence-corrected chi connectivity index (χ3v) is 6.25. The first-order chi connectivity index (χ1) is 8.74. The molecule has 2 heterocycles. The number of pyridine rings is 1. The molecule has 0 aromatic carbocycles. The molecular formula is C12H16N2O3S2. The van der Waals surface area contributed by atoms with Crippen LogP contribution in [0.15, 0.2) is 18.3 Å². The van der Waals surface area contributed by atoms with E-state index in [2.05, 4.69) is 4.98 Å². The highest BCUT2D eigenvalue weighted by Crippen LogP contribution is 2.24. The fourth-order valence-electron chi connectivity index (χ4n) is 2.08. The molecule has 5 nitrogen and oxygen atoms in total. The number of sulfone groups is 1. The Morgan fingerprint density at radius 2 is 2.16 bits per heavy atom. The summed E-state index contributed by atoms with van der Waals surface area (Å²) in [5, 5.41) is 0. The van der Waals surface area contributed by atoms with Gasteiger partial charge in [-0.25, -0.2) is 8.42 Å². The van der Waals surface area contributed by atoms with Crippen molar-refractivity contribution in [3.05, 3.63) is 28.5 Å². The number of hydrogen-bond acceptors (Lipinski definition) is 4. The molecule has 0 unspecified atom stereocenters. The van der Waals surface area contributed by atoms with E-state index in [1.165, 1.54) is 0 Å². The lowest BCUT2D eigenvalue weighted by Gasteiger charge is -2.37. The minimum Gasteiger partial charge on any atom is -0.352 e. The van der Waals surface area contributed by atoms with E-state index in [-0.39, 0.29) is 24.7 Å². The largest absolute Gasteiger partial charge is 0.352 e. The summed E-state index contributed by atoms with van der Waals surface area (Å²) in [5.41, 5.74) is 0.410. The molecule has 104 valence electrons. The Morgan fingerprint density at radius 1 is 1.47 bits per heavy atom. The lowest BCUT2D eigenvalue weighted by atomic mass is 10.1. The molecule has 0 atom stereocenters. The Hall–Kier alpha value is -1.21. The number of nitrogens with zero attached hydrogens (tertiary/aromatic N) is 1. The lowest BCUT2D eigenvalue weighted by Crippen LogP contribution is -2.54. The zero-order valence-corrected chi connectivity index (χ0v) is 12.5. The van der Waals surface area contributed by atoms with Gasteiger partial charge in [0.1, 0.15) is 4.64 Å². The summed E-state index contributed by atoms with van der Waals surface area (Å²) in [6, 6.07) is 3.35. The van der Waals surface area contributed by atoms with Crippen molar-refractivity contribution in [2.24, 2.45) is 0 Å². The molecule has 19 heavy (non-hydrogen) atoms. The van der Waals surface area contributed by atoms with E-state index in [0.717, 1.165) is 0 Å². The van der Waals surface area contributed by atoms with Gasteiger partial charge in [0.05, 0.1) is 16.1 Å². The number of aromatic nitrogens is 1. The zero-order chi connectivity index (χ0) is 14.3. The molecule has 0 aliphatic carbocycles. The van der Waals surface area contributed by atoms with Crippen LogP contribution in [-0.4, -0.2) is 47.8 Å². The van der Waals surface area contributed by atoms with Crippen LogP contribution in [0.5, 0.6) is 0 Å². The van der Waals surface area contributed by atoms with Crippen LogP contribution in [0.4, 0.5) is 0 Å². The van der Waals surface area contributed by atoms with E-state index < -0.39 is 14.6 Å². The number of nitrogens with one attached hydrogen (secondary N) is 1. The predicted molar refractivity (Wildman–Crippen MR) is 75.4 cm³/mol. The summed E-state index contributed by atoms with van der Waals surface area (Å²) in [6.07, 6.45) is 1.66. The summed E-state index contributed by atoms with van der Waals surface area (Å²) < 4.78 is 23.3. The number of carbonyl (C=O) groups is 1. The van der Waals surface area contributed by atoms with E-state index in [9.17, 15) is 13.2 Å². The first-order valence-corrected chi connectivity index (χ1v) is 8.00. The molecule has 0 saturated carbocycles. The predicted octanol–water partition coefficient (Wildman–Crippen LogP) is 1.39. The monoisotopic (exact) mass is 300 g/mol. The number of amides is 1. The zero-order valence-electron chi connectivity index (χ0n) is 10.8. The van der Waals surface area contributed by atoms with E-state index in [1.54, 1.807) is 37.1 Å². The van der Waals surface area contributed by atoms with Gasteiger partial charge in [0.15, 0.2) is 9.84 Å². The van der Waals surface area contributed by atoms with Crippen molar-refractivity contribution in [1.29, 1.82) is 0 Å². The van der Waals surface area contributed by atoms with Gasteiger partial charge in [-0.3, -0.25) is 4.79 Å². The van der Waals surface area contributed by atoms with Crippen LogP contribution in [-0.2, 0) is 9.84 Å². The Labute approximate surface area is 117 Å². The summed E-state index contributed by atoms with van der Waals surface area (Å²) in [5.74, 6) is -0.223. The molecule has 1 aromatic heterocycles. The molecule has 0 bridgehead atoms. The Balaban J connectivity index is 2.29. The topological polar surface area (TPSA) is 70.2 Å². The van der Waals surface area contributed by atoms with Crippen molar-refractivity contribution in [3.8, 4) is 0 Å². The maximum absolute atomic E-state index is 12.4. The summed E-state index contributed by atoms with van der Waals surface area (Å²) in [6.45, 7) is 3.70. The molecule has 1 N–H and O–H groups in total. The van der Waals surface area contributed by atoms with Crippen molar-refractivity contribution in [1.82, 2.24) is 9.88 Å². The summed E-state index contributed by atoms with van der Waals surface area (Å²) >= 11 is 5.08. The van der Waals surface area contributed by atoms with Crippen molar-refractivity contribution < 1.29 is 13.2 Å². The van der Waals surface area contributed by atoms with Crippen LogP contribution in [0.1, 0.15) is 24.2 Å².